The van der Waals surface area contributed by atoms with Crippen LogP contribution in [0.4, 0.5) is 4.79 Å². The minimum atomic E-state index is -1.18. The van der Waals surface area contributed by atoms with Crippen LogP contribution in [0, 0.1) is 5.92 Å². The number of carboxylic acid groups (broad SMARTS) is 1. The highest BCUT2D eigenvalue weighted by Crippen LogP contribution is 2.44. The number of benzene rings is 2. The van der Waals surface area contributed by atoms with Crippen LogP contribution in [0.3, 0.4) is 0 Å². The van der Waals surface area contributed by atoms with Crippen molar-refractivity contribution < 1.29 is 29.0 Å². The van der Waals surface area contributed by atoms with E-state index in [1.54, 1.807) is 12.0 Å². The van der Waals surface area contributed by atoms with Crippen molar-refractivity contribution in [3.8, 4) is 11.1 Å². The van der Waals surface area contributed by atoms with Crippen LogP contribution in [0.25, 0.3) is 11.1 Å². The van der Waals surface area contributed by atoms with Crippen molar-refractivity contribution in [3.63, 3.8) is 0 Å². The largest absolute Gasteiger partial charge is 0.481 e. The first-order chi connectivity index (χ1) is 16.0. The lowest BCUT2D eigenvalue weighted by molar-refractivity contribution is -0.142. The molecule has 1 aliphatic carbocycles. The van der Waals surface area contributed by atoms with Crippen LogP contribution in [-0.2, 0) is 19.1 Å². The molecule has 1 saturated heterocycles. The Morgan fingerprint density at radius 3 is 2.30 bits per heavy atom. The molecule has 1 heterocycles. The Morgan fingerprint density at radius 2 is 1.70 bits per heavy atom. The fraction of sp³-hybridized carbons (Fsp3) is 0.400. The highest BCUT2D eigenvalue weighted by atomic mass is 16.5. The maximum absolute atomic E-state index is 12.9. The molecule has 0 aromatic heterocycles. The number of carbonyl (C=O) groups excluding carboxylic acids is 2. The monoisotopic (exact) mass is 452 g/mol. The van der Waals surface area contributed by atoms with Gasteiger partial charge in [-0.3, -0.25) is 9.59 Å². The molecular formula is C25H28N2O6. The molecule has 2 atom stereocenters. The van der Waals surface area contributed by atoms with E-state index in [9.17, 15) is 19.5 Å². The van der Waals surface area contributed by atoms with Gasteiger partial charge < -0.3 is 24.8 Å². The van der Waals surface area contributed by atoms with Gasteiger partial charge in [-0.05, 0) is 28.7 Å². The Balaban J connectivity index is 1.40. The third-order valence-electron chi connectivity index (χ3n) is 6.31. The van der Waals surface area contributed by atoms with Crippen LogP contribution in [0.2, 0.25) is 0 Å². The van der Waals surface area contributed by atoms with Gasteiger partial charge in [0.1, 0.15) is 12.6 Å². The second-order valence-corrected chi connectivity index (χ2v) is 8.51. The van der Waals surface area contributed by atoms with Gasteiger partial charge in [0.05, 0.1) is 13.0 Å². The van der Waals surface area contributed by atoms with Crippen molar-refractivity contribution >= 4 is 18.0 Å². The number of amides is 2. The zero-order valence-corrected chi connectivity index (χ0v) is 18.5. The molecule has 8 nitrogen and oxygen atoms in total. The number of hydrogen-bond acceptors (Lipinski definition) is 5. The summed E-state index contributed by atoms with van der Waals surface area (Å²) in [6.07, 6.45) is -0.525. The van der Waals surface area contributed by atoms with Gasteiger partial charge in [-0.1, -0.05) is 48.5 Å². The van der Waals surface area contributed by atoms with E-state index in [0.29, 0.717) is 19.7 Å². The molecule has 0 saturated carbocycles. The van der Waals surface area contributed by atoms with Crippen LogP contribution in [0.5, 0.6) is 0 Å². The number of aliphatic carboxylic acids is 1. The predicted molar refractivity (Wildman–Crippen MR) is 121 cm³/mol. The lowest BCUT2D eigenvalue weighted by Crippen LogP contribution is -2.49. The van der Waals surface area contributed by atoms with Crippen molar-refractivity contribution in [2.75, 3.05) is 33.4 Å². The summed E-state index contributed by atoms with van der Waals surface area (Å²) in [6, 6.07) is 14.8. The molecule has 0 bridgehead atoms. The molecule has 0 spiro atoms. The molecule has 1 aliphatic heterocycles. The van der Waals surface area contributed by atoms with E-state index in [2.05, 4.69) is 5.32 Å². The maximum atomic E-state index is 12.9. The normalized spacial score (nSPS) is 17.8. The molecule has 33 heavy (non-hydrogen) atoms. The van der Waals surface area contributed by atoms with E-state index in [1.165, 1.54) is 0 Å². The van der Waals surface area contributed by atoms with Gasteiger partial charge in [0.2, 0.25) is 5.91 Å². The summed E-state index contributed by atoms with van der Waals surface area (Å²) in [7, 11) is 1.61. The minimum Gasteiger partial charge on any atom is -0.481 e. The third kappa shape index (κ3) is 5.01. The number of nitrogens with zero attached hydrogens (tertiary/aromatic N) is 1. The highest BCUT2D eigenvalue weighted by Gasteiger charge is 2.34. The number of nitrogens with one attached hydrogen (secondary N) is 1. The van der Waals surface area contributed by atoms with Gasteiger partial charge >= 0.3 is 12.1 Å². The number of rotatable bonds is 8. The summed E-state index contributed by atoms with van der Waals surface area (Å²) in [5.41, 5.74) is 4.37. The average Bonchev–Trinajstić information content (AvgIpc) is 3.39. The van der Waals surface area contributed by atoms with Crippen molar-refractivity contribution in [1.29, 1.82) is 0 Å². The Morgan fingerprint density at radius 1 is 1.06 bits per heavy atom. The minimum absolute atomic E-state index is 0.0907. The third-order valence-corrected chi connectivity index (χ3v) is 6.31. The second kappa shape index (κ2) is 10.0. The molecule has 2 unspecified atom stereocenters. The summed E-state index contributed by atoms with van der Waals surface area (Å²) in [5.74, 6) is -1.49. The topological polar surface area (TPSA) is 105 Å². The molecule has 2 aromatic rings. The van der Waals surface area contributed by atoms with Crippen LogP contribution in [-0.4, -0.2) is 67.4 Å². The maximum Gasteiger partial charge on any atom is 0.407 e. The molecule has 2 N–H and O–H groups in total. The summed E-state index contributed by atoms with van der Waals surface area (Å²) in [6.45, 7) is 1.62. The molecule has 0 radical (unpaired) electrons. The summed E-state index contributed by atoms with van der Waals surface area (Å²) < 4.78 is 10.6. The molecule has 1 fully saturated rings. The van der Waals surface area contributed by atoms with E-state index < -0.39 is 30.4 Å². The Hall–Kier alpha value is -3.39. The van der Waals surface area contributed by atoms with E-state index in [1.807, 2.05) is 48.5 Å². The number of methoxy groups -OCH3 is 1. The number of ether oxygens (including phenoxy) is 2. The van der Waals surface area contributed by atoms with Crippen LogP contribution >= 0.6 is 0 Å². The summed E-state index contributed by atoms with van der Waals surface area (Å²) in [5, 5.41) is 11.7. The van der Waals surface area contributed by atoms with Gasteiger partial charge in [0.25, 0.3) is 0 Å². The Bertz CT molecular complexity index is 994. The van der Waals surface area contributed by atoms with Gasteiger partial charge in [0, 0.05) is 32.0 Å². The standard InChI is InChI=1S/C25H28N2O6/c1-32-14-16-10-11-27(13-16)24(30)22(12-23(28)29)26-25(31)33-15-21-19-8-4-2-6-17(19)18-7-3-5-9-20(18)21/h2-9,16,21-22H,10-15H2,1H3,(H,26,31)(H,28,29). The van der Waals surface area contributed by atoms with E-state index in [-0.39, 0.29) is 18.4 Å². The molecular weight excluding hydrogens is 424 g/mol. The zero-order valence-electron chi connectivity index (χ0n) is 18.5. The fourth-order valence-corrected chi connectivity index (χ4v) is 4.78. The predicted octanol–water partition coefficient (Wildman–Crippen LogP) is 2.86. The number of likely N-dealkylation sites (tertiary alicyclic amines) is 1. The van der Waals surface area contributed by atoms with Crippen LogP contribution in [0.15, 0.2) is 48.5 Å². The number of alkyl carbamates (subject to hydrolysis) is 1. The summed E-state index contributed by atoms with van der Waals surface area (Å²) in [4.78, 5) is 38.4. The summed E-state index contributed by atoms with van der Waals surface area (Å²) >= 11 is 0. The average molecular weight is 453 g/mol. The van der Waals surface area contributed by atoms with Gasteiger partial charge in [-0.25, -0.2) is 4.79 Å². The first-order valence-corrected chi connectivity index (χ1v) is 11.1. The van der Waals surface area contributed by atoms with Crippen molar-refractivity contribution in [1.82, 2.24) is 10.2 Å². The smallest absolute Gasteiger partial charge is 0.407 e. The van der Waals surface area contributed by atoms with Crippen LogP contribution in [0.1, 0.15) is 29.9 Å². The number of fused-ring (bicyclic) bond motifs is 3. The molecule has 174 valence electrons. The molecule has 2 amide bonds. The molecule has 2 aliphatic rings. The van der Waals surface area contributed by atoms with Crippen molar-refractivity contribution in [2.24, 2.45) is 5.92 Å². The van der Waals surface area contributed by atoms with E-state index in [4.69, 9.17) is 9.47 Å². The Kier molecular flexibility index (Phi) is 6.93. The lowest BCUT2D eigenvalue weighted by Gasteiger charge is -2.23. The Labute approximate surface area is 192 Å². The molecule has 8 heteroatoms. The number of hydrogen-bond donors (Lipinski definition) is 2. The second-order valence-electron chi connectivity index (χ2n) is 8.51. The molecule has 2 aromatic carbocycles. The fourth-order valence-electron chi connectivity index (χ4n) is 4.78. The number of carbonyl (C=O) groups is 3. The number of carboxylic acids is 1. The van der Waals surface area contributed by atoms with Gasteiger partial charge in [-0.2, -0.15) is 0 Å². The lowest BCUT2D eigenvalue weighted by atomic mass is 9.98. The van der Waals surface area contributed by atoms with E-state index in [0.717, 1.165) is 28.7 Å². The zero-order chi connectivity index (χ0) is 23.4. The van der Waals surface area contributed by atoms with Gasteiger partial charge in [-0.15, -0.1) is 0 Å². The van der Waals surface area contributed by atoms with Crippen LogP contribution < -0.4 is 5.32 Å². The SMILES string of the molecule is COCC1CCN(C(=O)C(CC(=O)O)NC(=O)OCC2c3ccccc3-c3ccccc32)C1. The van der Waals surface area contributed by atoms with E-state index >= 15 is 0 Å². The van der Waals surface area contributed by atoms with Crippen molar-refractivity contribution in [3.05, 3.63) is 59.7 Å². The first-order valence-electron chi connectivity index (χ1n) is 11.1. The quantitative estimate of drug-likeness (QED) is 0.638. The highest BCUT2D eigenvalue weighted by molar-refractivity contribution is 5.89. The van der Waals surface area contributed by atoms with Crippen molar-refractivity contribution in [2.45, 2.75) is 24.8 Å². The van der Waals surface area contributed by atoms with Gasteiger partial charge in [0.15, 0.2) is 0 Å². The molecule has 4 rings (SSSR count). The first kappa shape index (κ1) is 22.8.